The van der Waals surface area contributed by atoms with Crippen LogP contribution in [0.4, 0.5) is 17.1 Å². The monoisotopic (exact) mass is 387 g/mol. The van der Waals surface area contributed by atoms with Crippen LogP contribution in [-0.4, -0.2) is 26.2 Å². The zero-order valence-electron chi connectivity index (χ0n) is 16.7. The van der Waals surface area contributed by atoms with Crippen LogP contribution in [0, 0.1) is 0 Å². The minimum Gasteiger partial charge on any atom is -0.401 e. The Hall–Kier alpha value is -3.18. The van der Waals surface area contributed by atoms with E-state index >= 15 is 0 Å². The predicted octanol–water partition coefficient (Wildman–Crippen LogP) is 2.18. The summed E-state index contributed by atoms with van der Waals surface area (Å²) in [4.78, 5) is 0. The highest BCUT2D eigenvalue weighted by atomic mass is 15.0. The van der Waals surface area contributed by atoms with Gasteiger partial charge in [-0.2, -0.15) is 0 Å². The van der Waals surface area contributed by atoms with Crippen molar-refractivity contribution in [1.29, 1.82) is 0 Å². The molecule has 0 unspecified atom stereocenters. The molecule has 0 fully saturated rings. The maximum absolute atomic E-state index is 6.25. The summed E-state index contributed by atoms with van der Waals surface area (Å²) in [6.45, 7) is 3.45. The highest BCUT2D eigenvalue weighted by Crippen LogP contribution is 2.28. The number of hydrogen-bond donors (Lipinski definition) is 5. The fraction of sp³-hybridized carbons (Fsp3) is 0.250. The summed E-state index contributed by atoms with van der Waals surface area (Å²) in [5.41, 5.74) is 16.4. The topological polar surface area (TPSA) is 88.1 Å². The molecule has 0 aliphatic heterocycles. The van der Waals surface area contributed by atoms with Crippen molar-refractivity contribution in [3.05, 3.63) is 65.0 Å². The van der Waals surface area contributed by atoms with Crippen LogP contribution in [0.1, 0.15) is 12.8 Å². The summed E-state index contributed by atoms with van der Waals surface area (Å²) in [7, 11) is 0. The largest absolute Gasteiger partial charge is 0.401 e. The molecule has 0 radical (unpaired) electrons. The van der Waals surface area contributed by atoms with Gasteiger partial charge in [0.05, 0.1) is 0 Å². The normalized spacial score (nSPS) is 13.0. The molecule has 0 saturated carbocycles. The third-order valence-electron chi connectivity index (χ3n) is 5.37. The highest BCUT2D eigenvalue weighted by Gasteiger charge is 2.05. The molecule has 0 atom stereocenters. The van der Waals surface area contributed by atoms with Gasteiger partial charge in [0.1, 0.15) is 0 Å². The Bertz CT molecular complexity index is 1110. The second-order valence-electron chi connectivity index (χ2n) is 7.39. The van der Waals surface area contributed by atoms with Crippen LogP contribution in [0.3, 0.4) is 0 Å². The van der Waals surface area contributed by atoms with Gasteiger partial charge in [-0.1, -0.05) is 42.5 Å². The van der Waals surface area contributed by atoms with E-state index < -0.39 is 0 Å². The Morgan fingerprint density at radius 2 is 1.45 bits per heavy atom. The lowest BCUT2D eigenvalue weighted by Crippen LogP contribution is -2.36. The number of fused-ring (bicyclic) bond motifs is 2. The van der Waals surface area contributed by atoms with Crippen LogP contribution in [0.25, 0.3) is 22.5 Å². The number of nitrogens with one attached hydrogen (secondary N) is 3. The van der Waals surface area contributed by atoms with Gasteiger partial charge < -0.3 is 27.4 Å². The molecular weight excluding hydrogens is 358 g/mol. The van der Waals surface area contributed by atoms with Gasteiger partial charge in [-0.05, 0) is 41.6 Å². The second kappa shape index (κ2) is 8.88. The number of nitrogen functional groups attached to an aromatic ring is 1. The van der Waals surface area contributed by atoms with Crippen LogP contribution < -0.4 is 37.9 Å². The van der Waals surface area contributed by atoms with E-state index in [1.165, 1.54) is 10.4 Å². The Kier molecular flexibility index (Phi) is 5.86. The number of anilines is 3. The predicted molar refractivity (Wildman–Crippen MR) is 125 cm³/mol. The Morgan fingerprint density at radius 3 is 2.28 bits per heavy atom. The molecule has 1 aliphatic rings. The van der Waals surface area contributed by atoms with Gasteiger partial charge in [-0.15, -0.1) is 0 Å². The third-order valence-corrected chi connectivity index (χ3v) is 5.37. The fourth-order valence-electron chi connectivity index (χ4n) is 3.97. The summed E-state index contributed by atoms with van der Waals surface area (Å²) in [5.74, 6) is 0. The summed E-state index contributed by atoms with van der Waals surface area (Å²) < 4.78 is 0. The van der Waals surface area contributed by atoms with E-state index in [1.54, 1.807) is 0 Å². The zero-order chi connectivity index (χ0) is 20.1. The molecule has 0 heterocycles. The van der Waals surface area contributed by atoms with Crippen molar-refractivity contribution >= 4 is 39.6 Å². The summed E-state index contributed by atoms with van der Waals surface area (Å²) in [6, 6.07) is 18.6. The van der Waals surface area contributed by atoms with Crippen molar-refractivity contribution in [1.82, 2.24) is 5.32 Å². The van der Waals surface area contributed by atoms with Crippen LogP contribution in [0.5, 0.6) is 0 Å². The van der Waals surface area contributed by atoms with Crippen molar-refractivity contribution < 1.29 is 0 Å². The van der Waals surface area contributed by atoms with E-state index in [1.807, 2.05) is 12.1 Å². The van der Waals surface area contributed by atoms with Gasteiger partial charge in [0, 0.05) is 59.5 Å². The molecule has 0 saturated heterocycles. The van der Waals surface area contributed by atoms with Crippen LogP contribution in [-0.2, 0) is 0 Å². The molecule has 3 aromatic rings. The zero-order valence-corrected chi connectivity index (χ0v) is 16.7. The highest BCUT2D eigenvalue weighted by molar-refractivity contribution is 6.02. The maximum atomic E-state index is 6.25. The van der Waals surface area contributed by atoms with Gasteiger partial charge in [0.2, 0.25) is 0 Å². The average Bonchev–Trinajstić information content (AvgIpc) is 2.73. The third kappa shape index (κ3) is 4.30. The molecule has 29 heavy (non-hydrogen) atoms. The lowest BCUT2D eigenvalue weighted by molar-refractivity contribution is 0.719. The van der Waals surface area contributed by atoms with E-state index in [9.17, 15) is 0 Å². The van der Waals surface area contributed by atoms with E-state index in [0.717, 1.165) is 72.6 Å². The molecule has 5 nitrogen and oxygen atoms in total. The summed E-state index contributed by atoms with van der Waals surface area (Å²) in [5, 5.41) is 15.2. The van der Waals surface area contributed by atoms with Crippen LogP contribution in [0.2, 0.25) is 0 Å². The molecule has 150 valence electrons. The molecular formula is C24H29N5. The first-order chi connectivity index (χ1) is 14.2. The first-order valence-corrected chi connectivity index (χ1v) is 10.3. The first-order valence-electron chi connectivity index (χ1n) is 10.3. The molecule has 0 aromatic heterocycles. The van der Waals surface area contributed by atoms with Crippen LogP contribution in [0.15, 0.2) is 54.6 Å². The molecule has 3 aromatic carbocycles. The summed E-state index contributed by atoms with van der Waals surface area (Å²) in [6.07, 6.45) is 4.23. The van der Waals surface area contributed by atoms with Gasteiger partial charge in [-0.3, -0.25) is 0 Å². The van der Waals surface area contributed by atoms with Gasteiger partial charge in [0.25, 0.3) is 0 Å². The molecule has 0 spiro atoms. The second-order valence-corrected chi connectivity index (χ2v) is 7.39. The Labute approximate surface area is 171 Å². The van der Waals surface area contributed by atoms with Gasteiger partial charge >= 0.3 is 0 Å². The average molecular weight is 388 g/mol. The fourth-order valence-corrected chi connectivity index (χ4v) is 3.97. The molecule has 5 heteroatoms. The quantitative estimate of drug-likeness (QED) is 0.302. The van der Waals surface area contributed by atoms with Crippen molar-refractivity contribution in [2.24, 2.45) is 5.73 Å². The smallest absolute Gasteiger partial charge is 0.0441 e. The maximum Gasteiger partial charge on any atom is 0.0441 e. The lowest BCUT2D eigenvalue weighted by atomic mass is 10.0. The van der Waals surface area contributed by atoms with Gasteiger partial charge in [-0.25, -0.2) is 0 Å². The molecule has 0 amide bonds. The van der Waals surface area contributed by atoms with Crippen molar-refractivity contribution in [2.45, 2.75) is 12.8 Å². The first kappa shape index (κ1) is 19.2. The van der Waals surface area contributed by atoms with E-state index in [4.69, 9.17) is 11.5 Å². The Morgan fingerprint density at radius 1 is 0.759 bits per heavy atom. The van der Waals surface area contributed by atoms with Crippen molar-refractivity contribution in [3.63, 3.8) is 0 Å². The van der Waals surface area contributed by atoms with E-state index in [-0.39, 0.29) is 0 Å². The molecule has 0 bridgehead atoms. The Balaban J connectivity index is 1.26. The minimum atomic E-state index is 0.808. The lowest BCUT2D eigenvalue weighted by Gasteiger charge is -2.14. The SMILES string of the molecule is NC1=c2c(NCCNCCNc3cccc4cccc(N)c34)cccc2=CCC1. The molecule has 4 rings (SSSR count). The minimum absolute atomic E-state index is 0.808. The number of nitrogens with two attached hydrogens (primary N) is 2. The van der Waals surface area contributed by atoms with Gasteiger partial charge in [0.15, 0.2) is 0 Å². The molecule has 1 aliphatic carbocycles. The van der Waals surface area contributed by atoms with Crippen molar-refractivity contribution in [3.8, 4) is 0 Å². The molecule has 7 N–H and O–H groups in total. The summed E-state index contributed by atoms with van der Waals surface area (Å²) >= 11 is 0. The van der Waals surface area contributed by atoms with E-state index in [2.05, 4.69) is 64.5 Å². The van der Waals surface area contributed by atoms with Crippen LogP contribution >= 0.6 is 0 Å². The number of rotatable bonds is 8. The number of hydrogen-bond acceptors (Lipinski definition) is 5. The van der Waals surface area contributed by atoms with Crippen molar-refractivity contribution in [2.75, 3.05) is 42.5 Å². The van der Waals surface area contributed by atoms with E-state index in [0.29, 0.717) is 0 Å². The standard InChI is InChI=1S/C24H29N5/c25-19-9-1-5-17-7-3-11-21(23(17)19)28-15-13-27-14-16-29-22-12-4-8-18-6-2-10-20(26)24(18)22/h1,3-9,11-12,27-29H,2,10,13-16,25-26H2. The number of benzene rings is 3.